The fourth-order valence-corrected chi connectivity index (χ4v) is 1.28. The van der Waals surface area contributed by atoms with E-state index in [9.17, 15) is 4.79 Å². The molecule has 5 nitrogen and oxygen atoms in total. The van der Waals surface area contributed by atoms with Crippen molar-refractivity contribution in [3.05, 3.63) is 47.1 Å². The summed E-state index contributed by atoms with van der Waals surface area (Å²) in [6, 6.07) is 6.77. The predicted molar refractivity (Wildman–Crippen MR) is 59.2 cm³/mol. The summed E-state index contributed by atoms with van der Waals surface area (Å²) < 4.78 is 10.3. The summed E-state index contributed by atoms with van der Waals surface area (Å²) >= 11 is 5.72. The summed E-state index contributed by atoms with van der Waals surface area (Å²) in [7, 11) is 0. The standard InChI is InChI=1S/C11H8ClNO4/c12-7-1-3-8(4-2-7)16-6-10-13-9(5-17-10)11(14)15/h1-5H,6H2,(H,14,15). The quantitative estimate of drug-likeness (QED) is 0.907. The number of aromatic carboxylic acids is 1. The second-order valence-electron chi connectivity index (χ2n) is 3.17. The SMILES string of the molecule is O=C(O)c1coc(COc2ccc(Cl)cc2)n1. The number of oxazole rings is 1. The Morgan fingerprint density at radius 1 is 1.41 bits per heavy atom. The molecule has 1 N–H and O–H groups in total. The molecule has 0 aliphatic rings. The summed E-state index contributed by atoms with van der Waals surface area (Å²) in [6.07, 6.45) is 1.07. The van der Waals surface area contributed by atoms with Gasteiger partial charge in [-0.05, 0) is 24.3 Å². The van der Waals surface area contributed by atoms with Gasteiger partial charge in [0.25, 0.3) is 0 Å². The van der Waals surface area contributed by atoms with Gasteiger partial charge in [-0.15, -0.1) is 0 Å². The minimum Gasteiger partial charge on any atom is -0.484 e. The lowest BCUT2D eigenvalue weighted by molar-refractivity contribution is 0.0690. The normalized spacial score (nSPS) is 10.2. The zero-order valence-electron chi connectivity index (χ0n) is 8.59. The molecule has 88 valence electrons. The van der Waals surface area contributed by atoms with Crippen LogP contribution in [-0.2, 0) is 6.61 Å². The van der Waals surface area contributed by atoms with E-state index in [4.69, 9.17) is 25.9 Å². The molecule has 0 bridgehead atoms. The molecule has 0 saturated heterocycles. The Hall–Kier alpha value is -2.01. The Morgan fingerprint density at radius 3 is 2.71 bits per heavy atom. The van der Waals surface area contributed by atoms with Crippen LogP contribution in [0.5, 0.6) is 5.75 Å². The predicted octanol–water partition coefficient (Wildman–Crippen LogP) is 2.61. The molecular formula is C11H8ClNO4. The zero-order chi connectivity index (χ0) is 12.3. The zero-order valence-corrected chi connectivity index (χ0v) is 9.35. The van der Waals surface area contributed by atoms with Crippen molar-refractivity contribution >= 4 is 17.6 Å². The number of hydrogen-bond donors (Lipinski definition) is 1. The van der Waals surface area contributed by atoms with Gasteiger partial charge in [-0.2, -0.15) is 0 Å². The van der Waals surface area contributed by atoms with Crippen LogP contribution in [-0.4, -0.2) is 16.1 Å². The molecule has 1 aromatic heterocycles. The molecule has 6 heteroatoms. The largest absolute Gasteiger partial charge is 0.484 e. The number of carboxylic acids is 1. The molecule has 17 heavy (non-hydrogen) atoms. The molecule has 2 rings (SSSR count). The topological polar surface area (TPSA) is 72.6 Å². The highest BCUT2D eigenvalue weighted by molar-refractivity contribution is 6.30. The van der Waals surface area contributed by atoms with E-state index in [-0.39, 0.29) is 18.2 Å². The maximum absolute atomic E-state index is 10.5. The lowest BCUT2D eigenvalue weighted by Crippen LogP contribution is -1.99. The van der Waals surface area contributed by atoms with Gasteiger partial charge in [-0.3, -0.25) is 0 Å². The first-order valence-electron chi connectivity index (χ1n) is 4.71. The number of benzene rings is 1. The first kappa shape index (κ1) is 11.5. The van der Waals surface area contributed by atoms with E-state index in [2.05, 4.69) is 4.98 Å². The van der Waals surface area contributed by atoms with E-state index in [0.29, 0.717) is 10.8 Å². The van der Waals surface area contributed by atoms with Crippen molar-refractivity contribution < 1.29 is 19.1 Å². The first-order chi connectivity index (χ1) is 8.15. The molecule has 0 fully saturated rings. The van der Waals surface area contributed by atoms with Crippen molar-refractivity contribution in [3.63, 3.8) is 0 Å². The van der Waals surface area contributed by atoms with Crippen molar-refractivity contribution in [2.45, 2.75) is 6.61 Å². The second-order valence-corrected chi connectivity index (χ2v) is 3.61. The van der Waals surface area contributed by atoms with E-state index in [0.717, 1.165) is 6.26 Å². The molecule has 0 unspecified atom stereocenters. The van der Waals surface area contributed by atoms with E-state index in [1.807, 2.05) is 0 Å². The average molecular weight is 254 g/mol. The highest BCUT2D eigenvalue weighted by atomic mass is 35.5. The summed E-state index contributed by atoms with van der Waals surface area (Å²) in [6.45, 7) is 0.0644. The Kier molecular flexibility index (Phi) is 3.30. The fourth-order valence-electron chi connectivity index (χ4n) is 1.15. The number of rotatable bonds is 4. The number of carbonyl (C=O) groups is 1. The first-order valence-corrected chi connectivity index (χ1v) is 5.09. The van der Waals surface area contributed by atoms with E-state index < -0.39 is 5.97 Å². The van der Waals surface area contributed by atoms with Gasteiger partial charge in [0.2, 0.25) is 5.89 Å². The molecule has 1 heterocycles. The van der Waals surface area contributed by atoms with Crippen LogP contribution in [0.3, 0.4) is 0 Å². The van der Waals surface area contributed by atoms with Gasteiger partial charge in [0.15, 0.2) is 12.3 Å². The Bertz CT molecular complexity index is 521. The minimum atomic E-state index is -1.13. The molecule has 0 saturated carbocycles. The molecule has 0 atom stereocenters. The fraction of sp³-hybridized carbons (Fsp3) is 0.0909. The minimum absolute atomic E-state index is 0.0644. The smallest absolute Gasteiger partial charge is 0.357 e. The Morgan fingerprint density at radius 2 is 2.12 bits per heavy atom. The van der Waals surface area contributed by atoms with Gasteiger partial charge in [0.1, 0.15) is 12.0 Å². The van der Waals surface area contributed by atoms with Crippen LogP contribution in [0.1, 0.15) is 16.4 Å². The highest BCUT2D eigenvalue weighted by Gasteiger charge is 2.10. The third-order valence-electron chi connectivity index (χ3n) is 1.95. The van der Waals surface area contributed by atoms with Crippen LogP contribution in [0.4, 0.5) is 0 Å². The third-order valence-corrected chi connectivity index (χ3v) is 2.20. The number of ether oxygens (including phenoxy) is 1. The molecule has 0 radical (unpaired) electrons. The molecule has 0 aliphatic heterocycles. The molecular weight excluding hydrogens is 246 g/mol. The highest BCUT2D eigenvalue weighted by Crippen LogP contribution is 2.16. The maximum Gasteiger partial charge on any atom is 0.357 e. The van der Waals surface area contributed by atoms with E-state index in [1.165, 1.54) is 0 Å². The molecule has 1 aromatic carbocycles. The maximum atomic E-state index is 10.5. The van der Waals surface area contributed by atoms with Crippen LogP contribution < -0.4 is 4.74 Å². The van der Waals surface area contributed by atoms with Crippen LogP contribution >= 0.6 is 11.6 Å². The summed E-state index contributed by atoms with van der Waals surface area (Å²) in [5.41, 5.74) is -0.139. The molecule has 0 amide bonds. The van der Waals surface area contributed by atoms with Crippen molar-refractivity contribution in [2.75, 3.05) is 0 Å². The number of halogens is 1. The van der Waals surface area contributed by atoms with Gasteiger partial charge < -0.3 is 14.3 Å². The van der Waals surface area contributed by atoms with Gasteiger partial charge in [0.05, 0.1) is 0 Å². The lowest BCUT2D eigenvalue weighted by Gasteiger charge is -2.02. The summed E-state index contributed by atoms with van der Waals surface area (Å²) in [5, 5.41) is 9.25. The third kappa shape index (κ3) is 2.98. The van der Waals surface area contributed by atoms with Crippen molar-refractivity contribution in [3.8, 4) is 5.75 Å². The summed E-state index contributed by atoms with van der Waals surface area (Å²) in [5.74, 6) is -0.326. The number of hydrogen-bond acceptors (Lipinski definition) is 4. The van der Waals surface area contributed by atoms with Gasteiger partial charge >= 0.3 is 5.97 Å². The van der Waals surface area contributed by atoms with Crippen molar-refractivity contribution in [2.24, 2.45) is 0 Å². The number of nitrogens with zero attached hydrogens (tertiary/aromatic N) is 1. The van der Waals surface area contributed by atoms with E-state index in [1.54, 1.807) is 24.3 Å². The van der Waals surface area contributed by atoms with Crippen LogP contribution in [0.2, 0.25) is 5.02 Å². The Balaban J connectivity index is 1.97. The van der Waals surface area contributed by atoms with Crippen LogP contribution in [0.15, 0.2) is 34.9 Å². The van der Waals surface area contributed by atoms with E-state index >= 15 is 0 Å². The Labute approximate surface area is 102 Å². The lowest BCUT2D eigenvalue weighted by atomic mass is 10.3. The molecule has 0 spiro atoms. The number of carboxylic acid groups (broad SMARTS) is 1. The molecule has 0 aliphatic carbocycles. The summed E-state index contributed by atoms with van der Waals surface area (Å²) in [4.78, 5) is 14.3. The van der Waals surface area contributed by atoms with Gasteiger partial charge in [-0.25, -0.2) is 9.78 Å². The number of aromatic nitrogens is 1. The van der Waals surface area contributed by atoms with Crippen molar-refractivity contribution in [1.82, 2.24) is 4.98 Å². The average Bonchev–Trinajstić information content (AvgIpc) is 2.77. The van der Waals surface area contributed by atoms with Gasteiger partial charge in [-0.1, -0.05) is 11.6 Å². The van der Waals surface area contributed by atoms with Crippen molar-refractivity contribution in [1.29, 1.82) is 0 Å². The van der Waals surface area contributed by atoms with Crippen LogP contribution in [0, 0.1) is 0 Å². The monoisotopic (exact) mass is 253 g/mol. The van der Waals surface area contributed by atoms with Crippen LogP contribution in [0.25, 0.3) is 0 Å². The van der Waals surface area contributed by atoms with Gasteiger partial charge in [0, 0.05) is 5.02 Å². The second kappa shape index (κ2) is 4.88. The molecule has 2 aromatic rings.